The fraction of sp³-hybridized carbons (Fsp3) is 0.692. The molecule has 2 amide bonds. The third-order valence-electron chi connectivity index (χ3n) is 2.96. The molecule has 4 heteroatoms. The van der Waals surface area contributed by atoms with Crippen LogP contribution in [-0.2, 0) is 9.59 Å². The van der Waals surface area contributed by atoms with E-state index < -0.39 is 0 Å². The molecule has 1 saturated heterocycles. The average molecular weight is 238 g/mol. The van der Waals surface area contributed by atoms with Crippen LogP contribution in [0.25, 0.3) is 0 Å². The lowest BCUT2D eigenvalue weighted by Crippen LogP contribution is -2.47. The van der Waals surface area contributed by atoms with E-state index in [1.807, 2.05) is 25.7 Å². The molecule has 4 nitrogen and oxygen atoms in total. The molecule has 0 atom stereocenters. The summed E-state index contributed by atoms with van der Waals surface area (Å²) in [7, 11) is 0. The smallest absolute Gasteiger partial charge is 0.243 e. The molecule has 0 aromatic carbocycles. The van der Waals surface area contributed by atoms with Crippen molar-refractivity contribution in [1.82, 2.24) is 10.2 Å². The molecule has 1 N–H and O–H groups in total. The van der Waals surface area contributed by atoms with Gasteiger partial charge in [-0.25, -0.2) is 0 Å². The molecule has 0 aromatic heterocycles. The zero-order valence-corrected chi connectivity index (χ0v) is 10.9. The molecule has 0 saturated carbocycles. The van der Waals surface area contributed by atoms with Gasteiger partial charge in [0.05, 0.1) is 0 Å². The Labute approximate surface area is 103 Å². The molecule has 0 unspecified atom stereocenters. The van der Waals surface area contributed by atoms with Gasteiger partial charge in [-0.2, -0.15) is 0 Å². The summed E-state index contributed by atoms with van der Waals surface area (Å²) >= 11 is 0. The van der Waals surface area contributed by atoms with Crippen LogP contribution in [0.2, 0.25) is 0 Å². The second kappa shape index (κ2) is 6.42. The van der Waals surface area contributed by atoms with E-state index in [9.17, 15) is 9.59 Å². The summed E-state index contributed by atoms with van der Waals surface area (Å²) in [5, 5.41) is 2.94. The number of nitrogens with zero attached hydrogens (tertiary/aromatic N) is 1. The molecule has 0 spiro atoms. The number of allylic oxidation sites excluding steroid dienone is 1. The van der Waals surface area contributed by atoms with Crippen LogP contribution in [0.3, 0.4) is 0 Å². The topological polar surface area (TPSA) is 49.4 Å². The molecular weight excluding hydrogens is 216 g/mol. The van der Waals surface area contributed by atoms with Crippen LogP contribution >= 0.6 is 0 Å². The summed E-state index contributed by atoms with van der Waals surface area (Å²) in [5.74, 6) is 0.230. The number of rotatable bonds is 3. The predicted octanol–water partition coefficient (Wildman–Crippen LogP) is 1.33. The number of piperidine rings is 1. The van der Waals surface area contributed by atoms with E-state index in [-0.39, 0.29) is 23.8 Å². The summed E-state index contributed by atoms with van der Waals surface area (Å²) in [6, 6.07) is 0.204. The van der Waals surface area contributed by atoms with Crippen molar-refractivity contribution in [3.8, 4) is 0 Å². The Bertz CT molecular complexity index is 303. The third-order valence-corrected chi connectivity index (χ3v) is 2.96. The van der Waals surface area contributed by atoms with E-state index in [0.717, 1.165) is 25.9 Å². The highest BCUT2D eigenvalue weighted by Crippen LogP contribution is 2.13. The van der Waals surface area contributed by atoms with Crippen molar-refractivity contribution in [3.05, 3.63) is 12.2 Å². The van der Waals surface area contributed by atoms with E-state index in [4.69, 9.17) is 0 Å². The van der Waals surface area contributed by atoms with Gasteiger partial charge in [-0.3, -0.25) is 9.59 Å². The quantitative estimate of drug-likeness (QED) is 0.754. The standard InChI is InChI=1S/C13H22N2O2/c1-4-5-12(16)14-11-6-8-15(9-7-11)13(17)10(2)3/h4-5,10-11H,6-9H2,1-3H3,(H,14,16). The predicted molar refractivity (Wildman–Crippen MR) is 67.4 cm³/mol. The van der Waals surface area contributed by atoms with Gasteiger partial charge < -0.3 is 10.2 Å². The van der Waals surface area contributed by atoms with Gasteiger partial charge >= 0.3 is 0 Å². The second-order valence-electron chi connectivity index (χ2n) is 4.76. The SMILES string of the molecule is CC=CC(=O)NC1CCN(C(=O)C(C)C)CC1. The van der Waals surface area contributed by atoms with Gasteiger partial charge in [0.2, 0.25) is 11.8 Å². The highest BCUT2D eigenvalue weighted by Gasteiger charge is 2.24. The second-order valence-corrected chi connectivity index (χ2v) is 4.76. The number of carbonyl (C=O) groups excluding carboxylic acids is 2. The van der Waals surface area contributed by atoms with Gasteiger partial charge in [-0.05, 0) is 25.8 Å². The number of hydrogen-bond acceptors (Lipinski definition) is 2. The Kier molecular flexibility index (Phi) is 5.19. The van der Waals surface area contributed by atoms with Crippen molar-refractivity contribution in [2.75, 3.05) is 13.1 Å². The summed E-state index contributed by atoms with van der Waals surface area (Å²) < 4.78 is 0. The Morgan fingerprint density at radius 3 is 2.35 bits per heavy atom. The lowest BCUT2D eigenvalue weighted by Gasteiger charge is -2.33. The summed E-state index contributed by atoms with van der Waals surface area (Å²) in [4.78, 5) is 25.0. The fourth-order valence-electron chi connectivity index (χ4n) is 2.01. The van der Waals surface area contributed by atoms with E-state index in [2.05, 4.69) is 5.32 Å². The maximum atomic E-state index is 11.8. The molecule has 96 valence electrons. The lowest BCUT2D eigenvalue weighted by molar-refractivity contribution is -0.135. The molecule has 0 radical (unpaired) electrons. The van der Waals surface area contributed by atoms with Crippen LogP contribution < -0.4 is 5.32 Å². The first-order valence-corrected chi connectivity index (χ1v) is 6.26. The molecule has 0 aromatic rings. The average Bonchev–Trinajstić information content (AvgIpc) is 2.29. The highest BCUT2D eigenvalue weighted by molar-refractivity contribution is 5.87. The van der Waals surface area contributed by atoms with E-state index in [0.29, 0.717) is 0 Å². The Morgan fingerprint density at radius 1 is 1.29 bits per heavy atom. The van der Waals surface area contributed by atoms with Crippen LogP contribution in [-0.4, -0.2) is 35.8 Å². The molecule has 17 heavy (non-hydrogen) atoms. The minimum Gasteiger partial charge on any atom is -0.350 e. The maximum Gasteiger partial charge on any atom is 0.243 e. The van der Waals surface area contributed by atoms with Crippen molar-refractivity contribution in [2.24, 2.45) is 5.92 Å². The molecule has 1 fully saturated rings. The van der Waals surface area contributed by atoms with Crippen molar-refractivity contribution in [1.29, 1.82) is 0 Å². The number of nitrogens with one attached hydrogen (secondary N) is 1. The van der Waals surface area contributed by atoms with Gasteiger partial charge in [0.15, 0.2) is 0 Å². The molecule has 1 aliphatic rings. The summed E-state index contributed by atoms with van der Waals surface area (Å²) in [6.45, 7) is 7.16. The van der Waals surface area contributed by atoms with Crippen LogP contribution in [0.5, 0.6) is 0 Å². The molecule has 0 aliphatic carbocycles. The number of likely N-dealkylation sites (tertiary alicyclic amines) is 1. The van der Waals surface area contributed by atoms with Crippen LogP contribution in [0.4, 0.5) is 0 Å². The van der Waals surface area contributed by atoms with E-state index in [1.165, 1.54) is 6.08 Å². The Morgan fingerprint density at radius 2 is 1.88 bits per heavy atom. The van der Waals surface area contributed by atoms with Crippen LogP contribution in [0, 0.1) is 5.92 Å². The monoisotopic (exact) mass is 238 g/mol. The van der Waals surface area contributed by atoms with Crippen molar-refractivity contribution < 1.29 is 9.59 Å². The van der Waals surface area contributed by atoms with Crippen LogP contribution in [0.1, 0.15) is 33.6 Å². The normalized spacial score (nSPS) is 17.8. The Balaban J connectivity index is 2.36. The lowest BCUT2D eigenvalue weighted by atomic mass is 10.0. The van der Waals surface area contributed by atoms with Gasteiger partial charge in [0.1, 0.15) is 0 Å². The zero-order chi connectivity index (χ0) is 12.8. The third kappa shape index (κ3) is 4.21. The van der Waals surface area contributed by atoms with Gasteiger partial charge in [0, 0.05) is 25.0 Å². The Hall–Kier alpha value is -1.32. The highest BCUT2D eigenvalue weighted by atomic mass is 16.2. The van der Waals surface area contributed by atoms with Gasteiger partial charge in [-0.15, -0.1) is 0 Å². The van der Waals surface area contributed by atoms with Gasteiger partial charge in [-0.1, -0.05) is 19.9 Å². The van der Waals surface area contributed by atoms with E-state index in [1.54, 1.807) is 6.08 Å². The molecule has 1 aliphatic heterocycles. The summed E-state index contributed by atoms with van der Waals surface area (Å²) in [5.41, 5.74) is 0. The molecule has 1 rings (SSSR count). The van der Waals surface area contributed by atoms with Crippen molar-refractivity contribution >= 4 is 11.8 Å². The van der Waals surface area contributed by atoms with Gasteiger partial charge in [0.25, 0.3) is 0 Å². The van der Waals surface area contributed by atoms with Crippen molar-refractivity contribution in [2.45, 2.75) is 39.7 Å². The van der Waals surface area contributed by atoms with Crippen molar-refractivity contribution in [3.63, 3.8) is 0 Å². The van der Waals surface area contributed by atoms with Crippen LogP contribution in [0.15, 0.2) is 12.2 Å². The number of hydrogen-bond donors (Lipinski definition) is 1. The molecule has 1 heterocycles. The van der Waals surface area contributed by atoms with E-state index >= 15 is 0 Å². The zero-order valence-electron chi connectivity index (χ0n) is 10.9. The number of carbonyl (C=O) groups is 2. The molecular formula is C13H22N2O2. The summed E-state index contributed by atoms with van der Waals surface area (Å²) in [6.07, 6.45) is 4.96. The minimum absolute atomic E-state index is 0.0406. The maximum absolute atomic E-state index is 11.8. The minimum atomic E-state index is -0.0406. The molecule has 0 bridgehead atoms. The first-order chi connectivity index (χ1) is 8.04. The fourth-order valence-corrected chi connectivity index (χ4v) is 2.01. The first kappa shape index (κ1) is 13.7. The number of amides is 2. The largest absolute Gasteiger partial charge is 0.350 e. The first-order valence-electron chi connectivity index (χ1n) is 6.26.